The second kappa shape index (κ2) is 5.65. The molecule has 0 saturated carbocycles. The average Bonchev–Trinajstić information content (AvgIpc) is 2.20. The molecule has 0 heterocycles. The molecule has 1 aromatic rings. The number of hydrogen-bond donors (Lipinski definition) is 1. The van der Waals surface area contributed by atoms with Crippen LogP contribution in [0, 0.1) is 0 Å². The van der Waals surface area contributed by atoms with Gasteiger partial charge in [-0.2, -0.15) is 8.78 Å². The number of nitrogens with one attached hydrogen (secondary N) is 1. The molecule has 0 radical (unpaired) electrons. The van der Waals surface area contributed by atoms with Gasteiger partial charge in [-0.15, -0.1) is 0 Å². The number of halogens is 2. The summed E-state index contributed by atoms with van der Waals surface area (Å²) < 4.78 is 24.0. The molecule has 5 heteroatoms. The van der Waals surface area contributed by atoms with Gasteiger partial charge in [0.1, 0.15) is 0 Å². The van der Waals surface area contributed by atoms with E-state index in [1.165, 1.54) is 12.1 Å². The fourth-order valence-corrected chi connectivity index (χ4v) is 1.46. The molecule has 0 aromatic heterocycles. The number of carbonyl (C=O) groups is 1. The molecule has 0 aliphatic heterocycles. The molecule has 0 saturated heterocycles. The van der Waals surface area contributed by atoms with Gasteiger partial charge in [0.05, 0.1) is 0 Å². The van der Waals surface area contributed by atoms with Crippen molar-refractivity contribution in [1.82, 2.24) is 0 Å². The van der Waals surface area contributed by atoms with Gasteiger partial charge in [0.25, 0.3) is 11.7 Å². The number of rotatable bonds is 4. The molecule has 0 aliphatic carbocycles. The molecule has 16 heavy (non-hydrogen) atoms. The molecule has 0 spiro atoms. The monoisotopic (exact) mass is 243 g/mol. The number of anilines is 1. The summed E-state index contributed by atoms with van der Waals surface area (Å²) in [7, 11) is 0. The van der Waals surface area contributed by atoms with Crippen LogP contribution in [-0.2, 0) is 4.79 Å². The molecular weight excluding hydrogens is 232 g/mol. The Kier molecular flexibility index (Phi) is 4.49. The maximum absolute atomic E-state index is 12.0. The minimum Gasteiger partial charge on any atom is -0.322 e. The van der Waals surface area contributed by atoms with Crippen LogP contribution < -0.4 is 5.32 Å². The van der Waals surface area contributed by atoms with Crippen LogP contribution >= 0.6 is 11.8 Å². The second-order valence-electron chi connectivity index (χ2n) is 3.14. The van der Waals surface area contributed by atoms with Crippen LogP contribution in [0.4, 0.5) is 14.5 Å². The molecular formula is C11H11F2NOS. The van der Waals surface area contributed by atoms with E-state index in [1.807, 2.05) is 0 Å². The van der Waals surface area contributed by atoms with Crippen molar-refractivity contribution in [2.45, 2.75) is 17.6 Å². The first-order valence-corrected chi connectivity index (χ1v) is 5.38. The van der Waals surface area contributed by atoms with Gasteiger partial charge >= 0.3 is 0 Å². The maximum atomic E-state index is 12.0. The van der Waals surface area contributed by atoms with Crippen molar-refractivity contribution in [3.63, 3.8) is 0 Å². The van der Waals surface area contributed by atoms with E-state index in [0.717, 1.165) is 0 Å². The zero-order valence-corrected chi connectivity index (χ0v) is 9.48. The Bertz CT molecular complexity index is 389. The lowest BCUT2D eigenvalue weighted by Gasteiger charge is -2.05. The standard InChI is InChI=1S/C11H11F2NOS/c1-7(2)10(15)14-8-3-5-9(6-4-8)16-11(12)13/h3-6,11H,1H2,2H3,(H,14,15). The lowest BCUT2D eigenvalue weighted by atomic mass is 10.3. The molecule has 0 unspecified atom stereocenters. The summed E-state index contributed by atoms with van der Waals surface area (Å²) in [5.74, 6) is -2.72. The number of carbonyl (C=O) groups excluding carboxylic acids is 1. The second-order valence-corrected chi connectivity index (χ2v) is 4.20. The van der Waals surface area contributed by atoms with E-state index in [1.54, 1.807) is 19.1 Å². The lowest BCUT2D eigenvalue weighted by Crippen LogP contribution is -2.11. The van der Waals surface area contributed by atoms with Gasteiger partial charge in [0, 0.05) is 16.2 Å². The highest BCUT2D eigenvalue weighted by molar-refractivity contribution is 7.99. The van der Waals surface area contributed by atoms with Gasteiger partial charge in [0.15, 0.2) is 0 Å². The third kappa shape index (κ3) is 4.02. The summed E-state index contributed by atoms with van der Waals surface area (Å²) in [5.41, 5.74) is 0.956. The summed E-state index contributed by atoms with van der Waals surface area (Å²) in [4.78, 5) is 11.7. The van der Waals surface area contributed by atoms with Crippen molar-refractivity contribution in [3.8, 4) is 0 Å². The molecule has 1 rings (SSSR count). The molecule has 0 atom stereocenters. The molecule has 2 nitrogen and oxygen atoms in total. The fraction of sp³-hybridized carbons (Fsp3) is 0.182. The van der Waals surface area contributed by atoms with Crippen LogP contribution in [-0.4, -0.2) is 11.7 Å². The average molecular weight is 243 g/mol. The maximum Gasteiger partial charge on any atom is 0.288 e. The van der Waals surface area contributed by atoms with Crippen LogP contribution in [0.2, 0.25) is 0 Å². The van der Waals surface area contributed by atoms with Crippen molar-refractivity contribution >= 4 is 23.4 Å². The Balaban J connectivity index is 2.64. The number of amides is 1. The molecule has 0 bridgehead atoms. The van der Waals surface area contributed by atoms with Crippen LogP contribution in [0.1, 0.15) is 6.92 Å². The number of thioether (sulfide) groups is 1. The summed E-state index contributed by atoms with van der Waals surface area (Å²) in [6.07, 6.45) is 0. The van der Waals surface area contributed by atoms with Crippen LogP contribution in [0.5, 0.6) is 0 Å². The minimum absolute atomic E-state index is 0.283. The number of alkyl halides is 2. The van der Waals surface area contributed by atoms with E-state index in [0.29, 0.717) is 27.9 Å². The quantitative estimate of drug-likeness (QED) is 0.647. The predicted molar refractivity (Wildman–Crippen MR) is 61.7 cm³/mol. The zero-order chi connectivity index (χ0) is 12.1. The fourth-order valence-electron chi connectivity index (χ4n) is 0.957. The summed E-state index contributed by atoms with van der Waals surface area (Å²) in [6.45, 7) is 5.09. The summed E-state index contributed by atoms with van der Waals surface area (Å²) in [5, 5.41) is 2.59. The van der Waals surface area contributed by atoms with Crippen molar-refractivity contribution < 1.29 is 13.6 Å². The first-order chi connectivity index (χ1) is 7.49. The SMILES string of the molecule is C=C(C)C(=O)Nc1ccc(SC(F)F)cc1. The van der Waals surface area contributed by atoms with Gasteiger partial charge < -0.3 is 5.32 Å². The third-order valence-electron chi connectivity index (χ3n) is 1.72. The van der Waals surface area contributed by atoms with E-state index in [-0.39, 0.29) is 5.91 Å². The van der Waals surface area contributed by atoms with Crippen molar-refractivity contribution in [2.75, 3.05) is 5.32 Å². The highest BCUT2D eigenvalue weighted by atomic mass is 32.2. The molecule has 0 aliphatic rings. The van der Waals surface area contributed by atoms with Crippen LogP contribution in [0.3, 0.4) is 0 Å². The third-order valence-corrected chi connectivity index (χ3v) is 2.45. The van der Waals surface area contributed by atoms with E-state index in [2.05, 4.69) is 11.9 Å². The number of hydrogen-bond acceptors (Lipinski definition) is 2. The Labute approximate surface area is 96.7 Å². The highest BCUT2D eigenvalue weighted by Crippen LogP contribution is 2.26. The highest BCUT2D eigenvalue weighted by Gasteiger charge is 2.06. The summed E-state index contributed by atoms with van der Waals surface area (Å²) >= 11 is 0.469. The smallest absolute Gasteiger partial charge is 0.288 e. The zero-order valence-electron chi connectivity index (χ0n) is 8.67. The van der Waals surface area contributed by atoms with E-state index in [4.69, 9.17) is 0 Å². The molecule has 1 aromatic carbocycles. The van der Waals surface area contributed by atoms with Crippen molar-refractivity contribution in [3.05, 3.63) is 36.4 Å². The van der Waals surface area contributed by atoms with Crippen molar-refractivity contribution in [2.24, 2.45) is 0 Å². The predicted octanol–water partition coefficient (Wildman–Crippen LogP) is 3.52. The van der Waals surface area contributed by atoms with Gasteiger partial charge in [-0.25, -0.2) is 0 Å². The summed E-state index contributed by atoms with van der Waals surface area (Å²) in [6, 6.07) is 6.22. The van der Waals surface area contributed by atoms with Crippen molar-refractivity contribution in [1.29, 1.82) is 0 Å². The van der Waals surface area contributed by atoms with Gasteiger partial charge in [-0.05, 0) is 31.2 Å². The first-order valence-electron chi connectivity index (χ1n) is 4.51. The minimum atomic E-state index is -2.43. The van der Waals surface area contributed by atoms with E-state index >= 15 is 0 Å². The molecule has 1 N–H and O–H groups in total. The number of benzene rings is 1. The van der Waals surface area contributed by atoms with E-state index in [9.17, 15) is 13.6 Å². The van der Waals surface area contributed by atoms with Gasteiger partial charge in [-0.1, -0.05) is 18.3 Å². The Morgan fingerprint density at radius 3 is 2.38 bits per heavy atom. The molecule has 86 valence electrons. The van der Waals surface area contributed by atoms with Gasteiger partial charge in [-0.3, -0.25) is 4.79 Å². The van der Waals surface area contributed by atoms with E-state index < -0.39 is 5.76 Å². The van der Waals surface area contributed by atoms with Gasteiger partial charge in [0.2, 0.25) is 0 Å². The Morgan fingerprint density at radius 2 is 1.94 bits per heavy atom. The Hall–Kier alpha value is -1.36. The topological polar surface area (TPSA) is 29.1 Å². The Morgan fingerprint density at radius 1 is 1.38 bits per heavy atom. The molecule has 0 fully saturated rings. The lowest BCUT2D eigenvalue weighted by molar-refractivity contribution is -0.112. The van der Waals surface area contributed by atoms with Crippen LogP contribution in [0.25, 0.3) is 0 Å². The normalized spacial score (nSPS) is 10.2. The van der Waals surface area contributed by atoms with Crippen LogP contribution in [0.15, 0.2) is 41.3 Å². The first kappa shape index (κ1) is 12.7. The largest absolute Gasteiger partial charge is 0.322 e. The molecule has 1 amide bonds.